The molecule has 0 aliphatic carbocycles. The molecule has 0 bridgehead atoms. The van der Waals surface area contributed by atoms with Crippen LogP contribution >= 0.6 is 23.4 Å². The third-order valence-electron chi connectivity index (χ3n) is 4.70. The topological polar surface area (TPSA) is 78.3 Å². The number of thioether (sulfide) groups is 1. The zero-order valence-electron chi connectivity index (χ0n) is 16.5. The quantitative estimate of drug-likeness (QED) is 0.583. The summed E-state index contributed by atoms with van der Waals surface area (Å²) in [5.74, 6) is 1.98. The maximum atomic E-state index is 12.5. The highest BCUT2D eigenvalue weighted by Gasteiger charge is 2.28. The summed E-state index contributed by atoms with van der Waals surface area (Å²) in [6, 6.07) is 14.9. The van der Waals surface area contributed by atoms with Crippen LogP contribution in [0.3, 0.4) is 0 Å². The van der Waals surface area contributed by atoms with Gasteiger partial charge >= 0.3 is 0 Å². The Morgan fingerprint density at radius 1 is 1.23 bits per heavy atom. The van der Waals surface area contributed by atoms with E-state index in [0.29, 0.717) is 34.9 Å². The maximum Gasteiger partial charge on any atom is 0.233 e. The molecular weight excluding hydrogens is 424 g/mol. The van der Waals surface area contributed by atoms with E-state index in [1.807, 2.05) is 54.9 Å². The minimum Gasteiger partial charge on any atom is -0.485 e. The van der Waals surface area contributed by atoms with Gasteiger partial charge in [0.05, 0.1) is 5.25 Å². The molecule has 2 unspecified atom stereocenters. The molecule has 1 aliphatic rings. The lowest BCUT2D eigenvalue weighted by molar-refractivity contribution is -0.120. The molecule has 2 atom stereocenters. The minimum atomic E-state index is -0.360. The van der Waals surface area contributed by atoms with Crippen molar-refractivity contribution in [1.82, 2.24) is 20.1 Å². The molecule has 0 spiro atoms. The van der Waals surface area contributed by atoms with Gasteiger partial charge in [0, 0.05) is 18.6 Å². The normalized spacial score (nSPS) is 16.2. The molecule has 30 heavy (non-hydrogen) atoms. The highest BCUT2D eigenvalue weighted by atomic mass is 35.5. The number of hydrogen-bond donors (Lipinski definition) is 1. The van der Waals surface area contributed by atoms with Gasteiger partial charge in [-0.25, -0.2) is 0 Å². The first-order valence-electron chi connectivity index (χ1n) is 9.48. The molecule has 2 heterocycles. The highest BCUT2D eigenvalue weighted by Crippen LogP contribution is 2.36. The van der Waals surface area contributed by atoms with Crippen molar-refractivity contribution in [2.75, 3.05) is 6.61 Å². The molecule has 0 saturated carbocycles. The predicted molar refractivity (Wildman–Crippen MR) is 115 cm³/mol. The van der Waals surface area contributed by atoms with E-state index in [-0.39, 0.29) is 17.3 Å². The number of rotatable bonds is 6. The number of hydrogen-bond acceptors (Lipinski definition) is 6. The molecule has 9 heteroatoms. The molecule has 1 aliphatic heterocycles. The molecule has 3 aromatic rings. The number of amides is 1. The van der Waals surface area contributed by atoms with E-state index in [1.54, 1.807) is 12.1 Å². The van der Waals surface area contributed by atoms with Crippen molar-refractivity contribution in [2.45, 2.75) is 30.0 Å². The standard InChI is InChI=1S/C21H21ClN4O3S/c1-13(20(27)23-11-14-7-9-15(22)10-8-14)30-21-25-24-19(26(21)2)18-12-28-16-5-3-4-6-17(16)29-18/h3-10,13,18H,11-12H2,1-2H3,(H,23,27). The molecule has 4 rings (SSSR count). The zero-order valence-corrected chi connectivity index (χ0v) is 18.1. The molecule has 156 valence electrons. The largest absolute Gasteiger partial charge is 0.485 e. The van der Waals surface area contributed by atoms with Gasteiger partial charge in [0.15, 0.2) is 28.6 Å². The maximum absolute atomic E-state index is 12.5. The number of benzene rings is 2. The van der Waals surface area contributed by atoms with Crippen LogP contribution in [0.15, 0.2) is 53.7 Å². The Balaban J connectivity index is 1.36. The number of carbonyl (C=O) groups excluding carboxylic acids is 1. The molecule has 2 aromatic carbocycles. The second-order valence-electron chi connectivity index (χ2n) is 6.87. The van der Waals surface area contributed by atoms with Gasteiger partial charge in [0.2, 0.25) is 5.91 Å². The monoisotopic (exact) mass is 444 g/mol. The fourth-order valence-corrected chi connectivity index (χ4v) is 3.97. The number of halogens is 1. The van der Waals surface area contributed by atoms with Crippen molar-refractivity contribution in [3.8, 4) is 11.5 Å². The average molecular weight is 445 g/mol. The number of fused-ring (bicyclic) bond motifs is 1. The Morgan fingerprint density at radius 2 is 1.97 bits per heavy atom. The first kappa shape index (κ1) is 20.6. The van der Waals surface area contributed by atoms with Crippen LogP contribution in [0.5, 0.6) is 11.5 Å². The second-order valence-corrected chi connectivity index (χ2v) is 8.61. The number of ether oxygens (including phenoxy) is 2. The molecule has 1 amide bonds. The van der Waals surface area contributed by atoms with Gasteiger partial charge in [0.25, 0.3) is 0 Å². The number of aromatic nitrogens is 3. The fourth-order valence-electron chi connectivity index (χ4n) is 3.00. The van der Waals surface area contributed by atoms with Crippen LogP contribution in [-0.2, 0) is 18.4 Å². The van der Waals surface area contributed by atoms with E-state index in [9.17, 15) is 4.79 Å². The smallest absolute Gasteiger partial charge is 0.233 e. The lowest BCUT2D eigenvalue weighted by Gasteiger charge is -2.25. The van der Waals surface area contributed by atoms with Crippen molar-refractivity contribution in [2.24, 2.45) is 7.05 Å². The van der Waals surface area contributed by atoms with Crippen molar-refractivity contribution >= 4 is 29.3 Å². The number of nitrogens with zero attached hydrogens (tertiary/aromatic N) is 3. The Kier molecular flexibility index (Phi) is 6.15. The molecular formula is C21H21ClN4O3S. The van der Waals surface area contributed by atoms with Crippen LogP contribution in [0.25, 0.3) is 0 Å². The number of nitrogens with one attached hydrogen (secondary N) is 1. The van der Waals surface area contributed by atoms with E-state index in [0.717, 1.165) is 11.3 Å². The van der Waals surface area contributed by atoms with Crippen molar-refractivity contribution < 1.29 is 14.3 Å². The third-order valence-corrected chi connectivity index (χ3v) is 6.08. The van der Waals surface area contributed by atoms with Gasteiger partial charge in [-0.15, -0.1) is 10.2 Å². The van der Waals surface area contributed by atoms with Gasteiger partial charge in [-0.3, -0.25) is 4.79 Å². The molecule has 0 radical (unpaired) electrons. The van der Waals surface area contributed by atoms with Crippen LogP contribution in [0.1, 0.15) is 24.4 Å². The molecule has 0 fully saturated rings. The molecule has 1 aromatic heterocycles. The highest BCUT2D eigenvalue weighted by molar-refractivity contribution is 8.00. The van der Waals surface area contributed by atoms with Crippen LogP contribution in [0, 0.1) is 0 Å². The second kappa shape index (κ2) is 8.97. The van der Waals surface area contributed by atoms with Gasteiger partial charge in [-0.1, -0.05) is 47.6 Å². The van der Waals surface area contributed by atoms with Crippen LogP contribution in [0.4, 0.5) is 0 Å². The summed E-state index contributed by atoms with van der Waals surface area (Å²) >= 11 is 7.24. The van der Waals surface area contributed by atoms with E-state index in [1.165, 1.54) is 11.8 Å². The van der Waals surface area contributed by atoms with Gasteiger partial charge < -0.3 is 19.4 Å². The molecule has 0 saturated heterocycles. The average Bonchev–Trinajstić information content (AvgIpc) is 3.12. The van der Waals surface area contributed by atoms with Crippen LogP contribution in [-0.4, -0.2) is 32.5 Å². The number of carbonyl (C=O) groups is 1. The number of para-hydroxylation sites is 2. The Morgan fingerprint density at radius 3 is 2.73 bits per heavy atom. The summed E-state index contributed by atoms with van der Waals surface area (Å²) in [5, 5.41) is 12.4. The Bertz CT molecular complexity index is 1040. The lowest BCUT2D eigenvalue weighted by Crippen LogP contribution is -2.30. The Labute approximate surface area is 183 Å². The summed E-state index contributed by atoms with van der Waals surface area (Å²) in [6.07, 6.45) is -0.360. The fraction of sp³-hybridized carbons (Fsp3) is 0.286. The van der Waals surface area contributed by atoms with E-state index in [4.69, 9.17) is 21.1 Å². The lowest BCUT2D eigenvalue weighted by atomic mass is 10.2. The Hall–Kier alpha value is -2.71. The van der Waals surface area contributed by atoms with Gasteiger partial charge in [-0.05, 0) is 36.8 Å². The van der Waals surface area contributed by atoms with Crippen LogP contribution < -0.4 is 14.8 Å². The van der Waals surface area contributed by atoms with Crippen molar-refractivity contribution in [3.63, 3.8) is 0 Å². The van der Waals surface area contributed by atoms with Crippen molar-refractivity contribution in [3.05, 3.63) is 64.9 Å². The van der Waals surface area contributed by atoms with Gasteiger partial charge in [-0.2, -0.15) is 0 Å². The molecule has 7 nitrogen and oxygen atoms in total. The minimum absolute atomic E-state index is 0.0781. The first-order chi connectivity index (χ1) is 14.5. The van der Waals surface area contributed by atoms with Gasteiger partial charge in [0.1, 0.15) is 6.61 Å². The summed E-state index contributed by atoms with van der Waals surface area (Å²) in [4.78, 5) is 12.5. The third kappa shape index (κ3) is 4.55. The summed E-state index contributed by atoms with van der Waals surface area (Å²) in [6.45, 7) is 2.63. The van der Waals surface area contributed by atoms with E-state index < -0.39 is 0 Å². The first-order valence-corrected chi connectivity index (χ1v) is 10.7. The summed E-state index contributed by atoms with van der Waals surface area (Å²) < 4.78 is 13.6. The zero-order chi connectivity index (χ0) is 21.1. The summed E-state index contributed by atoms with van der Waals surface area (Å²) in [7, 11) is 1.86. The predicted octanol–water partition coefficient (Wildman–Crippen LogP) is 3.78. The van der Waals surface area contributed by atoms with Crippen molar-refractivity contribution in [1.29, 1.82) is 0 Å². The van der Waals surface area contributed by atoms with E-state index >= 15 is 0 Å². The molecule has 1 N–H and O–H groups in total. The van der Waals surface area contributed by atoms with Crippen LogP contribution in [0.2, 0.25) is 5.02 Å². The SMILES string of the molecule is CC(Sc1nnc(C2COc3ccccc3O2)n1C)C(=O)NCc1ccc(Cl)cc1. The van der Waals surface area contributed by atoms with E-state index in [2.05, 4.69) is 15.5 Å². The summed E-state index contributed by atoms with van der Waals surface area (Å²) in [5.41, 5.74) is 0.987.